The summed E-state index contributed by atoms with van der Waals surface area (Å²) in [5.74, 6) is 0. The van der Waals surface area contributed by atoms with Crippen LogP contribution in [-0.4, -0.2) is 14.8 Å². The Morgan fingerprint density at radius 2 is 2.10 bits per heavy atom. The molecule has 1 rings (SSSR count). The molecule has 0 saturated heterocycles. The fraction of sp³-hybridized carbons (Fsp3) is 0. The van der Waals surface area contributed by atoms with Crippen molar-refractivity contribution < 1.29 is 14.4 Å². The van der Waals surface area contributed by atoms with Crippen molar-refractivity contribution >= 4 is 12.9 Å². The van der Waals surface area contributed by atoms with Gasteiger partial charge in [0.15, 0.2) is 0 Å². The van der Waals surface area contributed by atoms with E-state index in [1.54, 1.807) is 0 Å². The molecular weight excluding hydrogens is 153 g/mol. The molecule has 1 aromatic heterocycles. The Labute approximate surface area is 58.1 Å². The summed E-state index contributed by atoms with van der Waals surface area (Å²) in [6.07, 6.45) is 2.69. The van der Waals surface area contributed by atoms with Gasteiger partial charge in [0.25, 0.3) is 0 Å². The minimum atomic E-state index is -4.10. The molecule has 5 heteroatoms. The zero-order chi connectivity index (χ0) is 7.78. The minimum absolute atomic E-state index is 0.0347. The highest BCUT2D eigenvalue weighted by atomic mass is 31.2. The number of hydrogen-bond acceptors (Lipinski definition) is 1. The predicted molar refractivity (Wildman–Crippen MR) is 36.9 cm³/mol. The van der Waals surface area contributed by atoms with E-state index in [1.807, 2.05) is 0 Å². The Kier molecular flexibility index (Phi) is 1.68. The minimum Gasteiger partial charge on any atom is -0.367 e. The molecule has 10 heavy (non-hydrogen) atoms. The van der Waals surface area contributed by atoms with Gasteiger partial charge in [-0.3, -0.25) is 4.57 Å². The standard InChI is InChI=1S/C5H7NO3P/c1-4-2-6-3-5(4)10(7,8)9/h2-3,6H,1H2,(H2,7,8,9). The van der Waals surface area contributed by atoms with Crippen molar-refractivity contribution in [3.63, 3.8) is 0 Å². The number of hydrogen-bond donors (Lipinski definition) is 3. The maximum Gasteiger partial charge on any atom is 0.358 e. The summed E-state index contributed by atoms with van der Waals surface area (Å²) in [5, 5.41) is -0.0347. The molecule has 0 aliphatic rings. The van der Waals surface area contributed by atoms with E-state index in [0.29, 0.717) is 5.56 Å². The summed E-state index contributed by atoms with van der Waals surface area (Å²) in [4.78, 5) is 19.8. The topological polar surface area (TPSA) is 73.3 Å². The van der Waals surface area contributed by atoms with Gasteiger partial charge in [0, 0.05) is 12.4 Å². The molecular formula is C5H7NO3P. The van der Waals surface area contributed by atoms with Gasteiger partial charge < -0.3 is 14.8 Å². The van der Waals surface area contributed by atoms with Crippen molar-refractivity contribution in [2.45, 2.75) is 0 Å². The summed E-state index contributed by atoms with van der Waals surface area (Å²) in [6.45, 7) is 3.42. The molecule has 1 heterocycles. The van der Waals surface area contributed by atoms with Crippen LogP contribution in [0.1, 0.15) is 5.56 Å². The summed E-state index contributed by atoms with van der Waals surface area (Å²) >= 11 is 0. The molecule has 1 aromatic rings. The lowest BCUT2D eigenvalue weighted by Crippen LogP contribution is -2.02. The van der Waals surface area contributed by atoms with Crippen LogP contribution in [0.3, 0.4) is 0 Å². The summed E-state index contributed by atoms with van der Waals surface area (Å²) in [6, 6.07) is 0. The molecule has 0 aromatic carbocycles. The zero-order valence-corrected chi connectivity index (χ0v) is 6.01. The average Bonchev–Trinajstić information content (AvgIpc) is 2.11. The van der Waals surface area contributed by atoms with Gasteiger partial charge in [0.2, 0.25) is 0 Å². The predicted octanol–water partition coefficient (Wildman–Crippen LogP) is -0.000110. The molecule has 0 unspecified atom stereocenters. The number of H-pyrrole nitrogens is 1. The smallest absolute Gasteiger partial charge is 0.358 e. The fourth-order valence-electron chi connectivity index (χ4n) is 0.659. The normalized spacial score (nSPS) is 11.9. The third kappa shape index (κ3) is 1.29. The Hall–Kier alpha value is -0.570. The van der Waals surface area contributed by atoms with Crippen molar-refractivity contribution in [1.82, 2.24) is 4.98 Å². The van der Waals surface area contributed by atoms with Gasteiger partial charge in [0.05, 0.1) is 5.30 Å². The van der Waals surface area contributed by atoms with Gasteiger partial charge in [-0.05, 0) is 12.5 Å². The zero-order valence-electron chi connectivity index (χ0n) is 5.11. The Morgan fingerprint density at radius 1 is 1.50 bits per heavy atom. The molecule has 0 bridgehead atoms. The lowest BCUT2D eigenvalue weighted by molar-refractivity contribution is 0.387. The van der Waals surface area contributed by atoms with E-state index in [9.17, 15) is 4.57 Å². The van der Waals surface area contributed by atoms with E-state index in [4.69, 9.17) is 9.79 Å². The Morgan fingerprint density at radius 3 is 2.30 bits per heavy atom. The molecule has 4 nitrogen and oxygen atoms in total. The van der Waals surface area contributed by atoms with Crippen LogP contribution in [0.5, 0.6) is 0 Å². The van der Waals surface area contributed by atoms with Crippen LogP contribution in [0, 0.1) is 6.92 Å². The second kappa shape index (κ2) is 2.23. The van der Waals surface area contributed by atoms with Gasteiger partial charge in [-0.1, -0.05) is 0 Å². The Bertz CT molecular complexity index is 274. The third-order valence-corrected chi connectivity index (χ3v) is 2.16. The van der Waals surface area contributed by atoms with Gasteiger partial charge in [-0.25, -0.2) is 0 Å². The highest BCUT2D eigenvalue weighted by molar-refractivity contribution is 7.60. The second-order valence-corrected chi connectivity index (χ2v) is 3.48. The number of aromatic nitrogens is 1. The summed E-state index contributed by atoms with van der Waals surface area (Å²) in [7, 11) is -4.10. The van der Waals surface area contributed by atoms with Gasteiger partial charge in [-0.15, -0.1) is 0 Å². The third-order valence-electron chi connectivity index (χ3n) is 1.12. The molecule has 0 aliphatic heterocycles. The van der Waals surface area contributed by atoms with Crippen LogP contribution in [0.25, 0.3) is 0 Å². The Balaban J connectivity index is 3.18. The maximum absolute atomic E-state index is 10.5. The summed E-state index contributed by atoms with van der Waals surface area (Å²) < 4.78 is 10.5. The van der Waals surface area contributed by atoms with Crippen molar-refractivity contribution in [3.8, 4) is 0 Å². The highest BCUT2D eigenvalue weighted by Gasteiger charge is 2.19. The van der Waals surface area contributed by atoms with Crippen LogP contribution in [0.4, 0.5) is 0 Å². The first kappa shape index (κ1) is 7.54. The monoisotopic (exact) mass is 160 g/mol. The van der Waals surface area contributed by atoms with Crippen LogP contribution >= 0.6 is 7.60 Å². The highest BCUT2D eigenvalue weighted by Crippen LogP contribution is 2.33. The molecule has 55 valence electrons. The first-order chi connectivity index (χ1) is 4.52. The largest absolute Gasteiger partial charge is 0.367 e. The SMILES string of the molecule is [CH2]c1c[nH]cc1P(=O)(O)O. The fourth-order valence-corrected chi connectivity index (χ4v) is 1.34. The van der Waals surface area contributed by atoms with E-state index in [-0.39, 0.29) is 5.30 Å². The molecule has 0 saturated carbocycles. The molecule has 0 atom stereocenters. The molecule has 0 aliphatic carbocycles. The average molecular weight is 160 g/mol. The van der Waals surface area contributed by atoms with Gasteiger partial charge >= 0.3 is 7.60 Å². The van der Waals surface area contributed by atoms with Crippen LogP contribution in [0.15, 0.2) is 12.4 Å². The molecule has 0 amide bonds. The van der Waals surface area contributed by atoms with E-state index >= 15 is 0 Å². The first-order valence-electron chi connectivity index (χ1n) is 2.56. The quantitative estimate of drug-likeness (QED) is 0.506. The van der Waals surface area contributed by atoms with E-state index in [2.05, 4.69) is 11.9 Å². The lowest BCUT2D eigenvalue weighted by atomic mass is 10.4. The van der Waals surface area contributed by atoms with E-state index in [0.717, 1.165) is 0 Å². The van der Waals surface area contributed by atoms with Crippen LogP contribution < -0.4 is 5.30 Å². The number of rotatable bonds is 1. The maximum atomic E-state index is 10.5. The van der Waals surface area contributed by atoms with Crippen LogP contribution in [0.2, 0.25) is 0 Å². The molecule has 3 N–H and O–H groups in total. The van der Waals surface area contributed by atoms with Gasteiger partial charge in [0.1, 0.15) is 0 Å². The van der Waals surface area contributed by atoms with Crippen molar-refractivity contribution in [2.24, 2.45) is 0 Å². The first-order valence-corrected chi connectivity index (χ1v) is 4.18. The molecule has 0 spiro atoms. The van der Waals surface area contributed by atoms with Crippen molar-refractivity contribution in [1.29, 1.82) is 0 Å². The summed E-state index contributed by atoms with van der Waals surface area (Å²) in [5.41, 5.74) is 0.341. The number of nitrogens with one attached hydrogen (secondary N) is 1. The molecule has 1 radical (unpaired) electrons. The lowest BCUT2D eigenvalue weighted by Gasteiger charge is -1.99. The molecule has 0 fully saturated rings. The van der Waals surface area contributed by atoms with E-state index in [1.165, 1.54) is 12.4 Å². The van der Waals surface area contributed by atoms with E-state index < -0.39 is 7.60 Å². The number of aromatic amines is 1. The second-order valence-electron chi connectivity index (χ2n) is 1.91. The van der Waals surface area contributed by atoms with Crippen LogP contribution in [-0.2, 0) is 4.57 Å². The van der Waals surface area contributed by atoms with Crippen molar-refractivity contribution in [2.75, 3.05) is 0 Å². The van der Waals surface area contributed by atoms with Gasteiger partial charge in [-0.2, -0.15) is 0 Å². The van der Waals surface area contributed by atoms with Crippen molar-refractivity contribution in [3.05, 3.63) is 24.9 Å².